The van der Waals surface area contributed by atoms with Crippen LogP contribution in [0.25, 0.3) is 10.4 Å². The van der Waals surface area contributed by atoms with Crippen molar-refractivity contribution in [3.05, 3.63) is 46.8 Å². The van der Waals surface area contributed by atoms with Crippen LogP contribution in [0, 0.1) is 0 Å². The lowest BCUT2D eigenvalue weighted by molar-refractivity contribution is -0.137. The summed E-state index contributed by atoms with van der Waals surface area (Å²) in [6.07, 6.45) is 7.88. The highest BCUT2D eigenvalue weighted by Crippen LogP contribution is 2.47. The van der Waals surface area contributed by atoms with Gasteiger partial charge in [0.15, 0.2) is 9.84 Å². The molecule has 1 aromatic carbocycles. The zero-order chi connectivity index (χ0) is 20.5. The molecule has 1 unspecified atom stereocenters. The first-order valence-electron chi connectivity index (χ1n) is 10.6. The Morgan fingerprint density at radius 2 is 1.72 bits per heavy atom. The third kappa shape index (κ3) is 4.02. The molecule has 1 saturated heterocycles. The summed E-state index contributed by atoms with van der Waals surface area (Å²) >= 11 is 1.43. The normalized spacial score (nSPS) is 25.0. The van der Waals surface area contributed by atoms with Gasteiger partial charge in [0.25, 0.3) is 0 Å². The standard InChI is InChI=1S/C23H28O4S2/c24-22(25)16-23(14-4-5-15-29(23,26)27)21-13-12-20(28-21)19-10-8-18(9-11-19)17-6-2-1-3-7-17/h8-13,17H,1-7,14-16H2,(H,24,25). The minimum absolute atomic E-state index is 0.0730. The number of rotatable bonds is 5. The fourth-order valence-corrected chi connectivity index (χ4v) is 8.73. The Balaban J connectivity index is 1.63. The molecule has 1 saturated carbocycles. The molecule has 0 amide bonds. The van der Waals surface area contributed by atoms with Crippen molar-refractivity contribution in [1.29, 1.82) is 0 Å². The average molecular weight is 433 g/mol. The average Bonchev–Trinajstić information content (AvgIpc) is 3.21. The summed E-state index contributed by atoms with van der Waals surface area (Å²) in [7, 11) is -3.49. The van der Waals surface area contributed by atoms with Crippen LogP contribution in [0.2, 0.25) is 0 Å². The van der Waals surface area contributed by atoms with E-state index in [-0.39, 0.29) is 12.2 Å². The van der Waals surface area contributed by atoms with Crippen LogP contribution in [-0.2, 0) is 19.4 Å². The molecule has 4 nitrogen and oxygen atoms in total. The summed E-state index contributed by atoms with van der Waals surface area (Å²) in [5.74, 6) is -0.325. The Bertz CT molecular complexity index is 969. The molecule has 2 fully saturated rings. The number of benzene rings is 1. The van der Waals surface area contributed by atoms with E-state index in [1.165, 1.54) is 49.0 Å². The number of hydrogen-bond donors (Lipinski definition) is 1. The van der Waals surface area contributed by atoms with Gasteiger partial charge < -0.3 is 5.11 Å². The van der Waals surface area contributed by atoms with Crippen LogP contribution in [-0.4, -0.2) is 25.2 Å². The molecule has 2 aromatic rings. The third-order valence-electron chi connectivity index (χ3n) is 6.60. The van der Waals surface area contributed by atoms with E-state index in [0.717, 1.165) is 16.9 Å². The molecule has 2 heterocycles. The van der Waals surface area contributed by atoms with Crippen molar-refractivity contribution in [2.45, 2.75) is 68.5 Å². The van der Waals surface area contributed by atoms with Gasteiger partial charge in [-0.15, -0.1) is 11.3 Å². The SMILES string of the molecule is O=C(O)CC1(c2ccc(-c3ccc(C4CCCCC4)cc3)s2)CCCCS1(=O)=O. The first-order chi connectivity index (χ1) is 13.9. The van der Waals surface area contributed by atoms with Crippen molar-refractivity contribution in [3.63, 3.8) is 0 Å². The number of aliphatic carboxylic acids is 1. The summed E-state index contributed by atoms with van der Waals surface area (Å²) in [4.78, 5) is 13.2. The van der Waals surface area contributed by atoms with Gasteiger partial charge in [0.05, 0.1) is 12.2 Å². The molecule has 1 N–H and O–H groups in total. The zero-order valence-electron chi connectivity index (χ0n) is 16.6. The van der Waals surface area contributed by atoms with E-state index < -0.39 is 20.6 Å². The number of carbonyl (C=O) groups is 1. The lowest BCUT2D eigenvalue weighted by Gasteiger charge is -2.34. The zero-order valence-corrected chi connectivity index (χ0v) is 18.2. The van der Waals surface area contributed by atoms with Gasteiger partial charge in [-0.2, -0.15) is 0 Å². The van der Waals surface area contributed by atoms with Crippen molar-refractivity contribution in [3.8, 4) is 10.4 Å². The van der Waals surface area contributed by atoms with Crippen molar-refractivity contribution >= 4 is 27.1 Å². The molecular weight excluding hydrogens is 404 g/mol. The fraction of sp³-hybridized carbons (Fsp3) is 0.522. The smallest absolute Gasteiger partial charge is 0.305 e. The Morgan fingerprint density at radius 1 is 1.00 bits per heavy atom. The van der Waals surface area contributed by atoms with Crippen LogP contribution >= 0.6 is 11.3 Å². The Kier molecular flexibility index (Phi) is 5.85. The maximum absolute atomic E-state index is 12.9. The van der Waals surface area contributed by atoms with Gasteiger partial charge in [-0.3, -0.25) is 4.79 Å². The second kappa shape index (κ2) is 8.23. The highest BCUT2D eigenvalue weighted by Gasteiger charge is 2.49. The van der Waals surface area contributed by atoms with E-state index in [4.69, 9.17) is 0 Å². The van der Waals surface area contributed by atoms with Crippen molar-refractivity contribution < 1.29 is 18.3 Å². The lowest BCUT2D eigenvalue weighted by atomic mass is 9.84. The molecule has 0 bridgehead atoms. The van der Waals surface area contributed by atoms with Gasteiger partial charge in [0, 0.05) is 9.75 Å². The van der Waals surface area contributed by atoms with E-state index in [1.54, 1.807) is 0 Å². The molecular formula is C23H28O4S2. The van der Waals surface area contributed by atoms with Crippen molar-refractivity contribution in [1.82, 2.24) is 0 Å². The van der Waals surface area contributed by atoms with Gasteiger partial charge in [-0.25, -0.2) is 8.42 Å². The maximum atomic E-state index is 12.9. The van der Waals surface area contributed by atoms with E-state index in [1.807, 2.05) is 12.1 Å². The topological polar surface area (TPSA) is 71.4 Å². The van der Waals surface area contributed by atoms with Gasteiger partial charge in [-0.1, -0.05) is 49.9 Å². The summed E-state index contributed by atoms with van der Waals surface area (Å²) in [5.41, 5.74) is 2.46. The van der Waals surface area contributed by atoms with Crippen LogP contribution in [0.1, 0.15) is 74.1 Å². The minimum Gasteiger partial charge on any atom is -0.481 e. The van der Waals surface area contributed by atoms with E-state index >= 15 is 0 Å². The molecule has 1 aliphatic heterocycles. The fourth-order valence-electron chi connectivity index (χ4n) is 4.95. The van der Waals surface area contributed by atoms with Gasteiger partial charge in [0.2, 0.25) is 0 Å². The highest BCUT2D eigenvalue weighted by molar-refractivity contribution is 7.92. The van der Waals surface area contributed by atoms with Crippen LogP contribution in [0.5, 0.6) is 0 Å². The largest absolute Gasteiger partial charge is 0.481 e. The first-order valence-corrected chi connectivity index (χ1v) is 13.0. The highest BCUT2D eigenvalue weighted by atomic mass is 32.2. The van der Waals surface area contributed by atoms with Crippen LogP contribution in [0.15, 0.2) is 36.4 Å². The first kappa shape index (κ1) is 20.6. The second-order valence-electron chi connectivity index (χ2n) is 8.46. The summed E-state index contributed by atoms with van der Waals surface area (Å²) in [6.45, 7) is 0. The molecule has 1 atom stereocenters. The molecule has 1 aliphatic carbocycles. The monoisotopic (exact) mass is 432 g/mol. The van der Waals surface area contributed by atoms with Gasteiger partial charge in [-0.05, 0) is 54.9 Å². The molecule has 6 heteroatoms. The quantitative estimate of drug-likeness (QED) is 0.655. The molecule has 2 aliphatic rings. The molecule has 0 radical (unpaired) electrons. The minimum atomic E-state index is -3.49. The molecule has 29 heavy (non-hydrogen) atoms. The number of sulfone groups is 1. The summed E-state index contributed by atoms with van der Waals surface area (Å²) in [5, 5.41) is 9.44. The maximum Gasteiger partial charge on any atom is 0.305 e. The summed E-state index contributed by atoms with van der Waals surface area (Å²) < 4.78 is 24.6. The number of thiophene rings is 1. The third-order valence-corrected chi connectivity index (χ3v) is 10.7. The second-order valence-corrected chi connectivity index (χ2v) is 12.0. The number of carboxylic acids is 1. The van der Waals surface area contributed by atoms with Crippen LogP contribution in [0.4, 0.5) is 0 Å². The van der Waals surface area contributed by atoms with Crippen molar-refractivity contribution in [2.75, 3.05) is 5.75 Å². The predicted molar refractivity (Wildman–Crippen MR) is 117 cm³/mol. The number of hydrogen-bond acceptors (Lipinski definition) is 4. The Hall–Kier alpha value is -1.66. The van der Waals surface area contributed by atoms with E-state index in [2.05, 4.69) is 24.3 Å². The van der Waals surface area contributed by atoms with E-state index in [0.29, 0.717) is 23.6 Å². The molecule has 0 spiro atoms. The lowest BCUT2D eigenvalue weighted by Crippen LogP contribution is -2.41. The molecule has 4 rings (SSSR count). The van der Waals surface area contributed by atoms with Gasteiger partial charge >= 0.3 is 5.97 Å². The Morgan fingerprint density at radius 3 is 2.38 bits per heavy atom. The predicted octanol–water partition coefficient (Wildman–Crippen LogP) is 5.73. The van der Waals surface area contributed by atoms with Crippen molar-refractivity contribution in [2.24, 2.45) is 0 Å². The summed E-state index contributed by atoms with van der Waals surface area (Å²) in [6, 6.07) is 12.4. The number of carboxylic acid groups (broad SMARTS) is 1. The van der Waals surface area contributed by atoms with Gasteiger partial charge in [0.1, 0.15) is 4.75 Å². The molecule has 1 aromatic heterocycles. The molecule has 156 valence electrons. The Labute approximate surface area is 176 Å². The van der Waals surface area contributed by atoms with Crippen LogP contribution < -0.4 is 0 Å². The van der Waals surface area contributed by atoms with E-state index in [9.17, 15) is 18.3 Å². The van der Waals surface area contributed by atoms with Crippen LogP contribution in [0.3, 0.4) is 0 Å².